The summed E-state index contributed by atoms with van der Waals surface area (Å²) in [4.78, 5) is 19.0. The molecule has 3 rings (SSSR count). The number of hydrogen-bond acceptors (Lipinski definition) is 4. The van der Waals surface area contributed by atoms with E-state index < -0.39 is 0 Å². The molecule has 2 aromatic rings. The van der Waals surface area contributed by atoms with E-state index in [0.29, 0.717) is 18.3 Å². The average molecular weight is 270 g/mol. The Morgan fingerprint density at radius 3 is 2.75 bits per heavy atom. The van der Waals surface area contributed by atoms with Crippen LogP contribution in [0.25, 0.3) is 0 Å². The third-order valence-corrected chi connectivity index (χ3v) is 3.48. The van der Waals surface area contributed by atoms with Gasteiger partial charge in [-0.2, -0.15) is 0 Å². The van der Waals surface area contributed by atoms with Crippen molar-refractivity contribution in [2.45, 2.75) is 24.8 Å². The molecule has 1 heterocycles. The molecule has 1 saturated carbocycles. The van der Waals surface area contributed by atoms with Gasteiger partial charge in [-0.15, -0.1) is 0 Å². The molecule has 4 N–H and O–H groups in total. The fourth-order valence-electron chi connectivity index (χ4n) is 2.24. The number of rotatable bonds is 5. The van der Waals surface area contributed by atoms with Crippen molar-refractivity contribution in [1.29, 1.82) is 0 Å². The van der Waals surface area contributed by atoms with Crippen molar-refractivity contribution in [3.8, 4) is 0 Å². The highest BCUT2D eigenvalue weighted by Gasteiger charge is 2.26. The average Bonchev–Trinajstić information content (AvgIpc) is 3.30. The number of aromatic nitrogens is 2. The molecule has 5 heteroatoms. The van der Waals surface area contributed by atoms with E-state index in [9.17, 15) is 4.79 Å². The molecule has 1 aromatic heterocycles. The number of H-pyrrole nitrogens is 1. The summed E-state index contributed by atoms with van der Waals surface area (Å²) in [5.41, 5.74) is 6.80. The van der Waals surface area contributed by atoms with E-state index in [4.69, 9.17) is 5.73 Å². The highest BCUT2D eigenvalue weighted by molar-refractivity contribution is 5.38. The molecule has 0 spiro atoms. The number of nitrogens with zero attached hydrogens (tertiary/aromatic N) is 1. The molecule has 0 aliphatic heterocycles. The highest BCUT2D eigenvalue weighted by atomic mass is 16.1. The zero-order valence-corrected chi connectivity index (χ0v) is 11.2. The predicted molar refractivity (Wildman–Crippen MR) is 78.7 cm³/mol. The van der Waals surface area contributed by atoms with Crippen LogP contribution in [0.4, 0.5) is 5.82 Å². The standard InChI is InChI=1S/C15H18N4O/c16-9-12(10-4-2-1-3-5-10)17-13-8-14(20)19-15(18-13)11-6-7-11/h1-5,8,11-12H,6-7,9,16H2,(H2,17,18,19,20). The van der Waals surface area contributed by atoms with Gasteiger partial charge in [0.15, 0.2) is 0 Å². The van der Waals surface area contributed by atoms with Crippen molar-refractivity contribution in [2.24, 2.45) is 5.73 Å². The molecule has 1 atom stereocenters. The third-order valence-electron chi connectivity index (χ3n) is 3.48. The largest absolute Gasteiger partial charge is 0.362 e. The molecule has 0 bridgehead atoms. The number of hydrogen-bond donors (Lipinski definition) is 3. The summed E-state index contributed by atoms with van der Waals surface area (Å²) in [5.74, 6) is 1.79. The van der Waals surface area contributed by atoms with E-state index in [0.717, 1.165) is 24.2 Å². The normalized spacial score (nSPS) is 15.8. The van der Waals surface area contributed by atoms with Gasteiger partial charge < -0.3 is 16.0 Å². The second-order valence-electron chi connectivity index (χ2n) is 5.13. The van der Waals surface area contributed by atoms with Crippen LogP contribution in [0.2, 0.25) is 0 Å². The Balaban J connectivity index is 1.84. The lowest BCUT2D eigenvalue weighted by atomic mass is 10.1. The third kappa shape index (κ3) is 2.88. The topological polar surface area (TPSA) is 83.8 Å². The summed E-state index contributed by atoms with van der Waals surface area (Å²) in [6, 6.07) is 11.4. The van der Waals surface area contributed by atoms with Crippen molar-refractivity contribution >= 4 is 5.82 Å². The minimum atomic E-state index is -0.117. The molecule has 0 amide bonds. The van der Waals surface area contributed by atoms with E-state index in [-0.39, 0.29) is 11.6 Å². The maximum absolute atomic E-state index is 11.7. The summed E-state index contributed by atoms with van der Waals surface area (Å²) < 4.78 is 0. The first kappa shape index (κ1) is 12.9. The Hall–Kier alpha value is -2.14. The van der Waals surface area contributed by atoms with Gasteiger partial charge in [0.1, 0.15) is 11.6 Å². The quantitative estimate of drug-likeness (QED) is 0.773. The highest BCUT2D eigenvalue weighted by Crippen LogP contribution is 2.37. The Labute approximate surface area is 117 Å². The molecule has 1 aliphatic rings. The zero-order valence-electron chi connectivity index (χ0n) is 11.2. The van der Waals surface area contributed by atoms with Gasteiger partial charge in [-0.3, -0.25) is 4.79 Å². The smallest absolute Gasteiger partial charge is 0.252 e. The second-order valence-corrected chi connectivity index (χ2v) is 5.13. The van der Waals surface area contributed by atoms with E-state index in [1.54, 1.807) is 0 Å². The van der Waals surface area contributed by atoms with E-state index >= 15 is 0 Å². The van der Waals surface area contributed by atoms with E-state index in [1.165, 1.54) is 6.07 Å². The molecule has 0 radical (unpaired) electrons. The van der Waals surface area contributed by atoms with Gasteiger partial charge in [-0.1, -0.05) is 30.3 Å². The first-order chi connectivity index (χ1) is 9.76. The Kier molecular flexibility index (Phi) is 3.52. The summed E-state index contributed by atoms with van der Waals surface area (Å²) in [6.07, 6.45) is 2.21. The summed E-state index contributed by atoms with van der Waals surface area (Å²) in [6.45, 7) is 0.442. The number of nitrogens with two attached hydrogens (primary N) is 1. The van der Waals surface area contributed by atoms with Crippen LogP contribution in [0.3, 0.4) is 0 Å². The number of anilines is 1. The lowest BCUT2D eigenvalue weighted by molar-refractivity contribution is 0.777. The van der Waals surface area contributed by atoms with Gasteiger partial charge in [-0.05, 0) is 18.4 Å². The molecule has 1 unspecified atom stereocenters. The van der Waals surface area contributed by atoms with Crippen LogP contribution in [-0.4, -0.2) is 16.5 Å². The van der Waals surface area contributed by atoms with E-state index in [2.05, 4.69) is 15.3 Å². The molecule has 1 aliphatic carbocycles. The maximum Gasteiger partial charge on any atom is 0.252 e. The predicted octanol–water partition coefficient (Wildman–Crippen LogP) is 1.76. The van der Waals surface area contributed by atoms with Gasteiger partial charge >= 0.3 is 0 Å². The summed E-state index contributed by atoms with van der Waals surface area (Å²) >= 11 is 0. The minimum absolute atomic E-state index is 0.0439. The molecule has 1 aromatic carbocycles. The van der Waals surface area contributed by atoms with Crippen LogP contribution >= 0.6 is 0 Å². The van der Waals surface area contributed by atoms with Crippen LogP contribution in [0, 0.1) is 0 Å². The maximum atomic E-state index is 11.7. The Morgan fingerprint density at radius 1 is 1.35 bits per heavy atom. The van der Waals surface area contributed by atoms with Crippen molar-refractivity contribution in [1.82, 2.24) is 9.97 Å². The van der Waals surface area contributed by atoms with Crippen LogP contribution < -0.4 is 16.6 Å². The van der Waals surface area contributed by atoms with Crippen LogP contribution in [0.5, 0.6) is 0 Å². The lowest BCUT2D eigenvalue weighted by Gasteiger charge is -2.18. The van der Waals surface area contributed by atoms with Gasteiger partial charge in [0.25, 0.3) is 5.56 Å². The Morgan fingerprint density at radius 2 is 2.10 bits per heavy atom. The van der Waals surface area contributed by atoms with Gasteiger partial charge in [0.2, 0.25) is 0 Å². The van der Waals surface area contributed by atoms with Crippen molar-refractivity contribution < 1.29 is 0 Å². The first-order valence-corrected chi connectivity index (χ1v) is 6.89. The molecular formula is C15H18N4O. The van der Waals surface area contributed by atoms with Crippen molar-refractivity contribution in [2.75, 3.05) is 11.9 Å². The molecule has 104 valence electrons. The van der Waals surface area contributed by atoms with E-state index in [1.807, 2.05) is 30.3 Å². The molecule has 20 heavy (non-hydrogen) atoms. The molecular weight excluding hydrogens is 252 g/mol. The molecule has 0 saturated heterocycles. The SMILES string of the molecule is NCC(Nc1cc(=O)[nH]c(C2CC2)n1)c1ccccc1. The van der Waals surface area contributed by atoms with Crippen LogP contribution in [0.15, 0.2) is 41.2 Å². The van der Waals surface area contributed by atoms with Crippen LogP contribution in [-0.2, 0) is 0 Å². The first-order valence-electron chi connectivity index (χ1n) is 6.89. The zero-order chi connectivity index (χ0) is 13.9. The van der Waals surface area contributed by atoms with Gasteiger partial charge in [0, 0.05) is 18.5 Å². The number of aromatic amines is 1. The number of benzene rings is 1. The summed E-state index contributed by atoms with van der Waals surface area (Å²) in [7, 11) is 0. The molecule has 5 nitrogen and oxygen atoms in total. The summed E-state index contributed by atoms with van der Waals surface area (Å²) in [5, 5.41) is 3.25. The molecule has 1 fully saturated rings. The fourth-order valence-corrected chi connectivity index (χ4v) is 2.24. The van der Waals surface area contributed by atoms with Gasteiger partial charge in [-0.25, -0.2) is 4.98 Å². The van der Waals surface area contributed by atoms with Gasteiger partial charge in [0.05, 0.1) is 6.04 Å². The number of nitrogens with one attached hydrogen (secondary N) is 2. The van der Waals surface area contributed by atoms with Crippen molar-refractivity contribution in [3.05, 3.63) is 58.1 Å². The minimum Gasteiger partial charge on any atom is -0.362 e. The second kappa shape index (κ2) is 5.46. The fraction of sp³-hybridized carbons (Fsp3) is 0.333. The van der Waals surface area contributed by atoms with Crippen molar-refractivity contribution in [3.63, 3.8) is 0 Å². The monoisotopic (exact) mass is 270 g/mol. The van der Waals surface area contributed by atoms with Crippen LogP contribution in [0.1, 0.15) is 36.2 Å². The lowest BCUT2D eigenvalue weighted by Crippen LogP contribution is -2.23. The Bertz CT molecular complexity index is 634.